The number of carbonyl (C=O) groups excluding carboxylic acids is 5. The minimum absolute atomic E-state index is 0.00101. The average Bonchev–Trinajstić information content (AvgIpc) is 3.48. The summed E-state index contributed by atoms with van der Waals surface area (Å²) in [4.78, 5) is 63.2. The molecular weight excluding hydrogens is 444 g/mol. The van der Waals surface area contributed by atoms with E-state index in [4.69, 9.17) is 0 Å². The van der Waals surface area contributed by atoms with Crippen molar-refractivity contribution in [2.75, 3.05) is 5.32 Å². The van der Waals surface area contributed by atoms with Crippen molar-refractivity contribution in [3.8, 4) is 0 Å². The third-order valence-electron chi connectivity index (χ3n) is 6.46. The van der Waals surface area contributed by atoms with Crippen LogP contribution in [0.3, 0.4) is 0 Å². The highest BCUT2D eigenvalue weighted by molar-refractivity contribution is 6.26. The number of amides is 5. The molecule has 1 saturated heterocycles. The maximum Gasteiger partial charge on any atom is 0.264 e. The Balaban J connectivity index is 1.32. The zero-order valence-electron chi connectivity index (χ0n) is 18.1. The molecule has 2 aliphatic heterocycles. The first-order chi connectivity index (χ1) is 16.3. The number of nitrogens with one attached hydrogen (secondary N) is 2. The van der Waals surface area contributed by atoms with Gasteiger partial charge in [-0.1, -0.05) is 17.7 Å². The first-order valence-corrected chi connectivity index (χ1v) is 11.1. The number of hydrogen-bond acceptors (Lipinski definition) is 8. The number of carbonyl (C=O) groups is 5. The molecule has 1 aliphatic carbocycles. The standard InChI is InChI=1S/C22H22N6O6/c29-16-6-2-3-11(16)14-9-27(26-25-14)10-18(31)23-13-5-1-4-12-19(13)22(34)28(21(12)33)15-7-8-17(30)24-20(15)32/h1,4-5,9,11,15-16,29H,2-3,6-8,10H2,(H,23,31)(H,24,30,32)/t11-,15?,16-/m1/s1. The van der Waals surface area contributed by atoms with E-state index in [2.05, 4.69) is 20.9 Å². The molecule has 3 N–H and O–H groups in total. The van der Waals surface area contributed by atoms with Crippen molar-refractivity contribution in [3.63, 3.8) is 0 Å². The second-order valence-corrected chi connectivity index (χ2v) is 8.67. The third-order valence-corrected chi connectivity index (χ3v) is 6.46. The molecule has 34 heavy (non-hydrogen) atoms. The number of imide groups is 2. The number of aliphatic hydroxyl groups is 1. The monoisotopic (exact) mass is 466 g/mol. The van der Waals surface area contributed by atoms with Gasteiger partial charge in [0.15, 0.2) is 0 Å². The van der Waals surface area contributed by atoms with Gasteiger partial charge in [-0.2, -0.15) is 0 Å². The molecule has 1 aromatic carbocycles. The predicted molar refractivity (Wildman–Crippen MR) is 114 cm³/mol. The number of rotatable bonds is 5. The normalized spacial score (nSPS) is 24.4. The molecule has 12 nitrogen and oxygen atoms in total. The van der Waals surface area contributed by atoms with Gasteiger partial charge in [0, 0.05) is 18.5 Å². The Morgan fingerprint density at radius 1 is 1.15 bits per heavy atom. The Hall–Kier alpha value is -3.93. The van der Waals surface area contributed by atoms with E-state index >= 15 is 0 Å². The van der Waals surface area contributed by atoms with Gasteiger partial charge in [-0.3, -0.25) is 34.2 Å². The summed E-state index contributed by atoms with van der Waals surface area (Å²) in [5.74, 6) is -3.10. The van der Waals surface area contributed by atoms with Gasteiger partial charge in [-0.15, -0.1) is 5.10 Å². The van der Waals surface area contributed by atoms with Crippen LogP contribution >= 0.6 is 0 Å². The first-order valence-electron chi connectivity index (χ1n) is 11.1. The van der Waals surface area contributed by atoms with Gasteiger partial charge < -0.3 is 10.4 Å². The van der Waals surface area contributed by atoms with E-state index < -0.39 is 41.7 Å². The maximum absolute atomic E-state index is 13.1. The van der Waals surface area contributed by atoms with E-state index in [0.29, 0.717) is 12.1 Å². The van der Waals surface area contributed by atoms with E-state index in [1.54, 1.807) is 6.20 Å². The van der Waals surface area contributed by atoms with Crippen molar-refractivity contribution in [2.45, 2.75) is 56.7 Å². The number of nitrogens with zero attached hydrogens (tertiary/aromatic N) is 4. The van der Waals surface area contributed by atoms with Crippen molar-refractivity contribution in [2.24, 2.45) is 0 Å². The highest BCUT2D eigenvalue weighted by Crippen LogP contribution is 2.34. The number of aliphatic hydroxyl groups excluding tert-OH is 1. The smallest absolute Gasteiger partial charge is 0.264 e. The summed E-state index contributed by atoms with van der Waals surface area (Å²) in [6.45, 7) is -0.182. The minimum atomic E-state index is -1.09. The van der Waals surface area contributed by atoms with Crippen LogP contribution in [0.5, 0.6) is 0 Å². The van der Waals surface area contributed by atoms with Crippen molar-refractivity contribution >= 4 is 35.2 Å². The lowest BCUT2D eigenvalue weighted by Gasteiger charge is -2.27. The lowest BCUT2D eigenvalue weighted by molar-refractivity contribution is -0.136. The van der Waals surface area contributed by atoms with Gasteiger partial charge >= 0.3 is 0 Å². The number of aromatic nitrogens is 3. The van der Waals surface area contributed by atoms with Crippen LogP contribution in [0.15, 0.2) is 24.4 Å². The molecule has 1 unspecified atom stereocenters. The van der Waals surface area contributed by atoms with E-state index in [1.807, 2.05) is 0 Å². The lowest BCUT2D eigenvalue weighted by atomic mass is 10.0. The number of piperidine rings is 1. The molecule has 1 aromatic heterocycles. The first kappa shape index (κ1) is 21.9. The summed E-state index contributed by atoms with van der Waals surface area (Å²) in [5, 5.41) is 22.9. The van der Waals surface area contributed by atoms with Crippen molar-refractivity contribution in [1.82, 2.24) is 25.2 Å². The van der Waals surface area contributed by atoms with Gasteiger partial charge in [0.1, 0.15) is 12.6 Å². The highest BCUT2D eigenvalue weighted by atomic mass is 16.3. The third kappa shape index (κ3) is 3.75. The Morgan fingerprint density at radius 2 is 1.97 bits per heavy atom. The molecule has 5 amide bonds. The van der Waals surface area contributed by atoms with Gasteiger partial charge in [-0.25, -0.2) is 4.68 Å². The van der Waals surface area contributed by atoms with Gasteiger partial charge in [-0.05, 0) is 31.4 Å². The van der Waals surface area contributed by atoms with E-state index in [0.717, 1.165) is 17.7 Å². The topological polar surface area (TPSA) is 164 Å². The van der Waals surface area contributed by atoms with Gasteiger partial charge in [0.25, 0.3) is 11.8 Å². The van der Waals surface area contributed by atoms with Crippen molar-refractivity contribution in [3.05, 3.63) is 41.2 Å². The molecule has 5 rings (SSSR count). The number of anilines is 1. The maximum atomic E-state index is 13.1. The number of benzene rings is 1. The summed E-state index contributed by atoms with van der Waals surface area (Å²) in [6, 6.07) is 3.39. The van der Waals surface area contributed by atoms with Crippen LogP contribution in [-0.4, -0.2) is 66.7 Å². The predicted octanol–water partition coefficient (Wildman–Crippen LogP) is -0.0536. The molecule has 2 fully saturated rings. The highest BCUT2D eigenvalue weighted by Gasteiger charge is 2.45. The summed E-state index contributed by atoms with van der Waals surface area (Å²) in [5.41, 5.74) is 0.839. The second-order valence-electron chi connectivity index (χ2n) is 8.67. The quantitative estimate of drug-likeness (QED) is 0.516. The number of hydrogen-bond donors (Lipinski definition) is 3. The van der Waals surface area contributed by atoms with Crippen LogP contribution in [0, 0.1) is 0 Å². The van der Waals surface area contributed by atoms with Crippen LogP contribution in [0.4, 0.5) is 5.69 Å². The number of fused-ring (bicyclic) bond motifs is 1. The van der Waals surface area contributed by atoms with E-state index in [1.165, 1.54) is 22.9 Å². The summed E-state index contributed by atoms with van der Waals surface area (Å²) in [6.07, 6.45) is 3.63. The fraction of sp³-hybridized carbons (Fsp3) is 0.409. The fourth-order valence-electron chi connectivity index (χ4n) is 4.80. The van der Waals surface area contributed by atoms with Crippen LogP contribution in [0.2, 0.25) is 0 Å². The van der Waals surface area contributed by atoms with E-state index in [-0.39, 0.29) is 42.1 Å². The zero-order valence-corrected chi connectivity index (χ0v) is 18.1. The van der Waals surface area contributed by atoms with Gasteiger partial charge in [0.2, 0.25) is 17.7 Å². The largest absolute Gasteiger partial charge is 0.392 e. The molecule has 3 aliphatic rings. The average molecular weight is 466 g/mol. The Bertz CT molecular complexity index is 1220. The molecule has 12 heteroatoms. The van der Waals surface area contributed by atoms with Gasteiger partial charge in [0.05, 0.1) is 28.6 Å². The molecule has 1 saturated carbocycles. The Morgan fingerprint density at radius 3 is 2.71 bits per heavy atom. The Kier molecular flexibility index (Phi) is 5.44. The second kappa shape index (κ2) is 8.45. The van der Waals surface area contributed by atoms with Crippen molar-refractivity contribution < 1.29 is 29.1 Å². The van der Waals surface area contributed by atoms with Crippen molar-refractivity contribution in [1.29, 1.82) is 0 Å². The molecule has 176 valence electrons. The summed E-state index contributed by atoms with van der Waals surface area (Å²) in [7, 11) is 0. The molecule has 2 aromatic rings. The SMILES string of the molecule is O=C1CCC(N2C(=O)c3cccc(NC(=O)Cn4cc([C@H]5CCC[C@H]5O)nn4)c3C2=O)C(=O)N1. The van der Waals surface area contributed by atoms with Crippen LogP contribution in [0.1, 0.15) is 64.4 Å². The minimum Gasteiger partial charge on any atom is -0.392 e. The molecule has 3 atom stereocenters. The lowest BCUT2D eigenvalue weighted by Crippen LogP contribution is -2.54. The van der Waals surface area contributed by atoms with E-state index in [9.17, 15) is 29.1 Å². The fourth-order valence-corrected chi connectivity index (χ4v) is 4.80. The van der Waals surface area contributed by atoms with Crippen LogP contribution < -0.4 is 10.6 Å². The molecule has 0 bridgehead atoms. The summed E-state index contributed by atoms with van der Waals surface area (Å²) < 4.78 is 1.35. The molecule has 0 radical (unpaired) electrons. The molecular formula is C22H22N6O6. The zero-order chi connectivity index (χ0) is 24.0. The molecule has 0 spiro atoms. The van der Waals surface area contributed by atoms with Crippen LogP contribution in [-0.2, 0) is 20.9 Å². The molecule has 3 heterocycles. The summed E-state index contributed by atoms with van der Waals surface area (Å²) >= 11 is 0. The van der Waals surface area contributed by atoms with Crippen LogP contribution in [0.25, 0.3) is 0 Å². The Labute approximate surface area is 193 Å².